The van der Waals surface area contributed by atoms with Crippen molar-refractivity contribution in [1.82, 2.24) is 0 Å². The maximum Gasteiger partial charge on any atom is 0.197 e. The summed E-state index contributed by atoms with van der Waals surface area (Å²) in [6.45, 7) is 23.7. The average Bonchev–Trinajstić information content (AvgIpc) is 3.14. The Labute approximate surface area is 281 Å². The lowest BCUT2D eigenvalue weighted by atomic mass is 9.86. The van der Waals surface area contributed by atoms with Crippen LogP contribution < -0.4 is 0 Å². The van der Waals surface area contributed by atoms with Gasteiger partial charge in [0.1, 0.15) is 17.4 Å². The smallest absolute Gasteiger partial charge is 0.197 e. The molecule has 1 aliphatic rings. The summed E-state index contributed by atoms with van der Waals surface area (Å²) in [5.41, 5.74) is 0.653. The van der Waals surface area contributed by atoms with Crippen molar-refractivity contribution in [1.29, 1.82) is 0 Å². The fourth-order valence-corrected chi connectivity index (χ4v) is 9.32. The molecule has 1 aliphatic carbocycles. The van der Waals surface area contributed by atoms with Crippen molar-refractivity contribution in [2.24, 2.45) is 11.8 Å². The molecule has 0 amide bonds. The summed E-state index contributed by atoms with van der Waals surface area (Å²) >= 11 is 0. The highest BCUT2D eigenvalue weighted by molar-refractivity contribution is 7.57. The minimum Gasteiger partial charge on any atom is -0.414 e. The molecule has 1 N–H and O–H groups in total. The second kappa shape index (κ2) is 16.6. The first kappa shape index (κ1) is 41.2. The molecule has 1 aromatic rings. The molecule has 10 heteroatoms. The predicted molar refractivity (Wildman–Crippen MR) is 193 cm³/mol. The molecule has 2 rings (SSSR count). The van der Waals surface area contributed by atoms with Gasteiger partial charge in [0, 0.05) is 37.3 Å². The second-order valence-electron chi connectivity index (χ2n) is 16.7. The molecule has 0 bridgehead atoms. The van der Waals surface area contributed by atoms with Crippen LogP contribution in [0.4, 0.5) is 8.78 Å². The van der Waals surface area contributed by atoms with Gasteiger partial charge in [-0.05, 0) is 111 Å². The number of ketones is 1. The number of hydrogen-bond acceptors (Lipinski definition) is 4. The largest absolute Gasteiger partial charge is 0.414 e. The summed E-state index contributed by atoms with van der Waals surface area (Å²) in [5, 5.41) is 0.0531. The third-order valence-corrected chi connectivity index (χ3v) is 20.8. The number of rotatable bonds is 17. The van der Waals surface area contributed by atoms with Crippen molar-refractivity contribution in [3.63, 3.8) is 0 Å². The van der Waals surface area contributed by atoms with E-state index in [2.05, 4.69) is 73.8 Å². The maximum atomic E-state index is 13.8. The molecule has 5 atom stereocenters. The highest BCUT2D eigenvalue weighted by atomic mass is 31.2. The molecular formula is C36H63F2O5PSi2. The van der Waals surface area contributed by atoms with Crippen molar-refractivity contribution >= 4 is 29.8 Å². The molecular weight excluding hydrogens is 638 g/mol. The minimum absolute atomic E-state index is 0.0222. The molecule has 1 saturated carbocycles. The number of carbonyl (C=O) groups excluding carboxylic acids is 1. The first-order chi connectivity index (χ1) is 20.9. The first-order valence-corrected chi connectivity index (χ1v) is 25.3. The van der Waals surface area contributed by atoms with Gasteiger partial charge in [-0.25, -0.2) is 8.78 Å². The van der Waals surface area contributed by atoms with E-state index in [9.17, 15) is 23.0 Å². The Hall–Kier alpha value is -0.966. The van der Waals surface area contributed by atoms with E-state index in [1.807, 2.05) is 6.08 Å². The van der Waals surface area contributed by atoms with E-state index < -0.39 is 35.6 Å². The van der Waals surface area contributed by atoms with Gasteiger partial charge in [-0.3, -0.25) is 9.36 Å². The van der Waals surface area contributed by atoms with Crippen molar-refractivity contribution in [3.8, 4) is 0 Å². The lowest BCUT2D eigenvalue weighted by Gasteiger charge is -2.41. The van der Waals surface area contributed by atoms with Gasteiger partial charge < -0.3 is 13.7 Å². The van der Waals surface area contributed by atoms with Crippen molar-refractivity contribution in [2.75, 3.05) is 12.8 Å². The Morgan fingerprint density at radius 2 is 1.54 bits per heavy atom. The highest BCUT2D eigenvalue weighted by Gasteiger charge is 2.48. The van der Waals surface area contributed by atoms with Gasteiger partial charge in [-0.15, -0.1) is 0 Å². The topological polar surface area (TPSA) is 72.8 Å². The Morgan fingerprint density at radius 1 is 0.957 bits per heavy atom. The van der Waals surface area contributed by atoms with Gasteiger partial charge in [0.2, 0.25) is 0 Å². The van der Waals surface area contributed by atoms with Crippen LogP contribution >= 0.6 is 7.37 Å². The summed E-state index contributed by atoms with van der Waals surface area (Å²) in [6.07, 6.45) is 10.4. The summed E-state index contributed by atoms with van der Waals surface area (Å²) in [6, 6.07) is 3.72. The molecule has 0 spiro atoms. The molecule has 0 heterocycles. The lowest BCUT2D eigenvalue weighted by molar-refractivity contribution is -0.121. The number of hydrogen-bond donors (Lipinski definition) is 1. The lowest BCUT2D eigenvalue weighted by Crippen LogP contribution is -2.45. The summed E-state index contributed by atoms with van der Waals surface area (Å²) in [4.78, 5) is 23.1. The van der Waals surface area contributed by atoms with E-state index >= 15 is 0 Å². The van der Waals surface area contributed by atoms with Crippen LogP contribution in [-0.2, 0) is 24.6 Å². The van der Waals surface area contributed by atoms with E-state index in [0.717, 1.165) is 31.7 Å². The Balaban J connectivity index is 2.26. The summed E-state index contributed by atoms with van der Waals surface area (Å²) in [5.74, 6) is -0.919. The van der Waals surface area contributed by atoms with E-state index in [-0.39, 0.29) is 39.9 Å². The standard InChI is InChI=1S/C36H63F2O5PSi2/c1-35(2,3)45(8,9)42-30(18-16-17-27-23-28(37)25-29(38)24-27)20-21-32-31(19-14-12-13-15-22-44(7,40)41)33(39)26-34(32)43-46(10,11)36(4,5)6/h12,14,23-25,30-32,34H,13,15-22,26H2,1-11H3,(H,40,41)/t30-,31+,32+,34+/m0/s1. The monoisotopic (exact) mass is 700 g/mol. The molecule has 1 unspecified atom stereocenters. The normalized spacial score (nSPS) is 22.0. The zero-order valence-corrected chi connectivity index (χ0v) is 33.4. The van der Waals surface area contributed by atoms with Crippen LogP contribution in [0.25, 0.3) is 0 Å². The van der Waals surface area contributed by atoms with Gasteiger partial charge in [0.25, 0.3) is 0 Å². The van der Waals surface area contributed by atoms with Crippen molar-refractivity contribution in [3.05, 3.63) is 47.5 Å². The number of carbonyl (C=O) groups is 1. The average molecular weight is 701 g/mol. The van der Waals surface area contributed by atoms with E-state index in [4.69, 9.17) is 8.85 Å². The van der Waals surface area contributed by atoms with E-state index in [0.29, 0.717) is 43.8 Å². The molecule has 1 aromatic carbocycles. The van der Waals surface area contributed by atoms with Gasteiger partial charge >= 0.3 is 0 Å². The van der Waals surface area contributed by atoms with Crippen molar-refractivity contribution < 1.29 is 31.9 Å². The third kappa shape index (κ3) is 13.2. The molecule has 0 radical (unpaired) electrons. The Kier molecular flexibility index (Phi) is 14.9. The first-order valence-electron chi connectivity index (χ1n) is 17.2. The number of aryl methyl sites for hydroxylation is 1. The molecule has 264 valence electrons. The summed E-state index contributed by atoms with van der Waals surface area (Å²) < 4.78 is 53.2. The van der Waals surface area contributed by atoms with Crippen LogP contribution in [0, 0.1) is 23.5 Å². The number of allylic oxidation sites excluding steroid dienone is 2. The van der Waals surface area contributed by atoms with Gasteiger partial charge in [0.05, 0.1) is 6.10 Å². The SMILES string of the molecule is CC(C)(C)[Si](C)(C)O[C@@H](CCCc1cc(F)cc(F)c1)CC[C@H]1[C@H](O[Si](C)(C)C(C)(C)C)CC(=O)[C@@H]1CC=CCCCP(C)(=O)O. The van der Waals surface area contributed by atoms with E-state index in [1.165, 1.54) is 18.8 Å². The maximum absolute atomic E-state index is 13.8. The fourth-order valence-electron chi connectivity index (χ4n) is 5.76. The molecule has 0 aliphatic heterocycles. The van der Waals surface area contributed by atoms with Crippen LogP contribution in [0.1, 0.15) is 98.5 Å². The Bertz CT molecular complexity index is 1200. The fraction of sp³-hybridized carbons (Fsp3) is 0.750. The molecule has 46 heavy (non-hydrogen) atoms. The van der Waals surface area contributed by atoms with Crippen LogP contribution in [0.3, 0.4) is 0 Å². The third-order valence-electron chi connectivity index (χ3n) is 10.6. The van der Waals surface area contributed by atoms with Gasteiger partial charge in [-0.1, -0.05) is 53.7 Å². The van der Waals surface area contributed by atoms with E-state index in [1.54, 1.807) is 0 Å². The molecule has 1 fully saturated rings. The number of unbranched alkanes of at least 4 members (excludes halogenated alkanes) is 1. The number of Topliss-reactive ketones (excluding diaryl/α,β-unsaturated/α-hetero) is 1. The van der Waals surface area contributed by atoms with Gasteiger partial charge in [-0.2, -0.15) is 0 Å². The van der Waals surface area contributed by atoms with Crippen molar-refractivity contribution in [2.45, 2.75) is 148 Å². The minimum atomic E-state index is -3.01. The highest BCUT2D eigenvalue weighted by Crippen LogP contribution is 2.45. The predicted octanol–water partition coefficient (Wildman–Crippen LogP) is 10.7. The van der Waals surface area contributed by atoms with Crippen LogP contribution in [-0.4, -0.2) is 52.3 Å². The quantitative estimate of drug-likeness (QED) is 0.0758. The summed E-state index contributed by atoms with van der Waals surface area (Å²) in [7, 11) is -7.26. The molecule has 0 aromatic heterocycles. The van der Waals surface area contributed by atoms with Gasteiger partial charge in [0.15, 0.2) is 24.0 Å². The zero-order chi connectivity index (χ0) is 35.1. The zero-order valence-electron chi connectivity index (χ0n) is 30.6. The molecule has 5 nitrogen and oxygen atoms in total. The van der Waals surface area contributed by atoms with Crippen LogP contribution in [0.15, 0.2) is 30.4 Å². The molecule has 0 saturated heterocycles. The number of benzene rings is 1. The van der Waals surface area contributed by atoms with Crippen LogP contribution in [0.2, 0.25) is 36.3 Å². The second-order valence-corrected chi connectivity index (χ2v) is 28.8. The number of halogens is 2. The Morgan fingerprint density at radius 3 is 2.09 bits per heavy atom. The van der Waals surface area contributed by atoms with Crippen LogP contribution in [0.5, 0.6) is 0 Å².